The van der Waals surface area contributed by atoms with Gasteiger partial charge in [-0.25, -0.2) is 0 Å². The fraction of sp³-hybridized carbons (Fsp3) is 0.440. The molecule has 0 spiro atoms. The number of para-hydroxylation sites is 1. The summed E-state index contributed by atoms with van der Waals surface area (Å²) in [7, 11) is 0. The molecule has 0 aliphatic heterocycles. The summed E-state index contributed by atoms with van der Waals surface area (Å²) in [5.74, 6) is 0.909. The van der Waals surface area contributed by atoms with Crippen molar-refractivity contribution < 1.29 is 19.4 Å². The van der Waals surface area contributed by atoms with Crippen molar-refractivity contribution >= 4 is 11.7 Å². The fourth-order valence-electron chi connectivity index (χ4n) is 3.37. The highest BCUT2D eigenvalue weighted by molar-refractivity contribution is 5.89. The van der Waals surface area contributed by atoms with Crippen molar-refractivity contribution in [1.29, 1.82) is 0 Å². The predicted molar refractivity (Wildman–Crippen MR) is 117 cm³/mol. The Balaban J connectivity index is 1.36. The Kier molecular flexibility index (Phi) is 8.45. The number of Topliss-reactive ketones (excluding diaryl/α,β-unsaturated/α-hetero) is 1. The van der Waals surface area contributed by atoms with E-state index in [1.54, 1.807) is 6.08 Å². The van der Waals surface area contributed by atoms with Crippen molar-refractivity contribution in [2.45, 2.75) is 57.1 Å². The van der Waals surface area contributed by atoms with Gasteiger partial charge in [0.25, 0.3) is 0 Å². The van der Waals surface area contributed by atoms with E-state index in [2.05, 4.69) is 11.4 Å². The van der Waals surface area contributed by atoms with Crippen LogP contribution in [0.3, 0.4) is 0 Å². The number of hydrogen-bond donors (Lipinski definition) is 2. The zero-order valence-electron chi connectivity index (χ0n) is 17.3. The maximum Gasteiger partial charge on any atom is 0.220 e. The molecule has 1 amide bonds. The normalized spacial score (nSPS) is 20.0. The van der Waals surface area contributed by atoms with Crippen LogP contribution in [0, 0.1) is 5.92 Å². The van der Waals surface area contributed by atoms with Crippen LogP contribution >= 0.6 is 0 Å². The number of amides is 1. The number of carbonyl (C=O) groups excluding carboxylic acids is 2. The van der Waals surface area contributed by atoms with Crippen LogP contribution in [0.2, 0.25) is 0 Å². The second-order valence-corrected chi connectivity index (χ2v) is 7.92. The van der Waals surface area contributed by atoms with Crippen molar-refractivity contribution in [1.82, 2.24) is 5.32 Å². The highest BCUT2D eigenvalue weighted by Crippen LogP contribution is 2.27. The van der Waals surface area contributed by atoms with E-state index in [1.165, 1.54) is 0 Å². The molecule has 0 saturated heterocycles. The lowest BCUT2D eigenvalue weighted by atomic mass is 9.95. The van der Waals surface area contributed by atoms with Crippen molar-refractivity contribution in [3.63, 3.8) is 0 Å². The van der Waals surface area contributed by atoms with Crippen LogP contribution in [0.25, 0.3) is 0 Å². The molecule has 1 fully saturated rings. The number of ketones is 1. The third-order valence-electron chi connectivity index (χ3n) is 5.26. The second-order valence-electron chi connectivity index (χ2n) is 7.92. The number of nitrogens with one attached hydrogen (secondary N) is 1. The van der Waals surface area contributed by atoms with Gasteiger partial charge in [-0.3, -0.25) is 9.59 Å². The van der Waals surface area contributed by atoms with Gasteiger partial charge in [-0.15, -0.1) is 0 Å². The smallest absolute Gasteiger partial charge is 0.220 e. The van der Waals surface area contributed by atoms with Gasteiger partial charge in [0.05, 0.1) is 0 Å². The molecule has 1 saturated carbocycles. The van der Waals surface area contributed by atoms with E-state index in [0.29, 0.717) is 31.1 Å². The summed E-state index contributed by atoms with van der Waals surface area (Å²) in [6.07, 6.45) is 14.3. The molecule has 0 bridgehead atoms. The molecule has 1 aromatic carbocycles. The lowest BCUT2D eigenvalue weighted by molar-refractivity contribution is -0.121. The van der Waals surface area contributed by atoms with Gasteiger partial charge < -0.3 is 15.2 Å². The third-order valence-corrected chi connectivity index (χ3v) is 5.26. The van der Waals surface area contributed by atoms with Crippen LogP contribution in [0.4, 0.5) is 0 Å². The third kappa shape index (κ3) is 7.64. The van der Waals surface area contributed by atoms with Gasteiger partial charge >= 0.3 is 0 Å². The van der Waals surface area contributed by atoms with Gasteiger partial charge in [0.2, 0.25) is 5.91 Å². The maximum atomic E-state index is 12.2. The first-order valence-electron chi connectivity index (χ1n) is 10.8. The van der Waals surface area contributed by atoms with Crippen molar-refractivity contribution in [3.8, 4) is 5.75 Å². The first kappa shape index (κ1) is 22.0. The van der Waals surface area contributed by atoms with E-state index < -0.39 is 6.10 Å². The van der Waals surface area contributed by atoms with Gasteiger partial charge in [0.15, 0.2) is 0 Å². The Bertz CT molecular complexity index is 793. The van der Waals surface area contributed by atoms with E-state index in [4.69, 9.17) is 4.74 Å². The zero-order chi connectivity index (χ0) is 21.2. The Labute approximate surface area is 178 Å². The maximum absolute atomic E-state index is 12.2. The highest BCUT2D eigenvalue weighted by Gasteiger charge is 2.25. The molecule has 5 nitrogen and oxygen atoms in total. The van der Waals surface area contributed by atoms with Gasteiger partial charge in [-0.2, -0.15) is 0 Å². The summed E-state index contributed by atoms with van der Waals surface area (Å²) in [6.45, 7) is 0.167. The quantitative estimate of drug-likeness (QED) is 0.406. The van der Waals surface area contributed by atoms with Gasteiger partial charge in [-0.1, -0.05) is 48.6 Å². The molecule has 0 radical (unpaired) electrons. The average Bonchev–Trinajstić information content (AvgIpc) is 3.50. The molecule has 2 N–H and O–H groups in total. The summed E-state index contributed by atoms with van der Waals surface area (Å²) in [5.41, 5.74) is 0.951. The van der Waals surface area contributed by atoms with E-state index in [-0.39, 0.29) is 24.2 Å². The zero-order valence-corrected chi connectivity index (χ0v) is 17.3. The number of aliphatic hydroxyl groups is 1. The molecule has 30 heavy (non-hydrogen) atoms. The van der Waals surface area contributed by atoms with Crippen LogP contribution in [0.5, 0.6) is 5.75 Å². The summed E-state index contributed by atoms with van der Waals surface area (Å²) in [4.78, 5) is 23.8. The molecule has 0 aromatic heterocycles. The van der Waals surface area contributed by atoms with E-state index in [9.17, 15) is 14.7 Å². The monoisotopic (exact) mass is 409 g/mol. The molecule has 0 heterocycles. The Hall–Kier alpha value is -2.66. The topological polar surface area (TPSA) is 75.6 Å². The standard InChI is InChI=1S/C25H31NO4/c27-21(18-30-22-8-4-3-5-9-22)16-12-19-13-17-24(28)23(19)10-6-1-2-7-11-25(29)26-20-14-15-20/h1,3-6,8-9,12-13,16,20-21,23,27H,2,7,10-11,14-15,17-18H2,(H,26,29)/b6-1-,16-12+/t21-,23-/m1/s1. The number of ether oxygens (including phenoxy) is 1. The highest BCUT2D eigenvalue weighted by atomic mass is 16.5. The number of rotatable bonds is 12. The number of unbranched alkanes of at least 4 members (excludes halogenated alkanes) is 1. The molecule has 1 aromatic rings. The van der Waals surface area contributed by atoms with Crippen LogP contribution < -0.4 is 10.1 Å². The number of aliphatic hydroxyl groups excluding tert-OH is 1. The van der Waals surface area contributed by atoms with Gasteiger partial charge in [-0.05, 0) is 49.8 Å². The first-order valence-corrected chi connectivity index (χ1v) is 10.8. The Morgan fingerprint density at radius 3 is 2.80 bits per heavy atom. The second kappa shape index (κ2) is 11.5. The summed E-state index contributed by atoms with van der Waals surface area (Å²) < 4.78 is 5.55. The lowest BCUT2D eigenvalue weighted by Crippen LogP contribution is -2.24. The molecule has 5 heteroatoms. The van der Waals surface area contributed by atoms with Crippen molar-refractivity contribution in [3.05, 3.63) is 66.3 Å². The average molecular weight is 410 g/mol. The molecule has 3 rings (SSSR count). The fourth-order valence-corrected chi connectivity index (χ4v) is 3.37. The van der Waals surface area contributed by atoms with Crippen LogP contribution in [-0.4, -0.2) is 35.5 Å². The minimum atomic E-state index is -0.736. The Morgan fingerprint density at radius 2 is 2.03 bits per heavy atom. The number of carbonyl (C=O) groups is 2. The summed E-state index contributed by atoms with van der Waals surface area (Å²) >= 11 is 0. The number of allylic oxidation sites excluding steroid dienone is 5. The van der Waals surface area contributed by atoms with E-state index >= 15 is 0 Å². The number of hydrogen-bond acceptors (Lipinski definition) is 4. The van der Waals surface area contributed by atoms with Crippen LogP contribution in [0.1, 0.15) is 44.9 Å². The van der Waals surface area contributed by atoms with E-state index in [0.717, 1.165) is 31.3 Å². The molecular weight excluding hydrogens is 378 g/mol. The van der Waals surface area contributed by atoms with Crippen LogP contribution in [0.15, 0.2) is 66.3 Å². The predicted octanol–water partition coefficient (Wildman–Crippen LogP) is 3.89. The molecular formula is C25H31NO4. The molecule has 2 aliphatic carbocycles. The summed E-state index contributed by atoms with van der Waals surface area (Å²) in [6, 6.07) is 9.78. The molecule has 160 valence electrons. The van der Waals surface area contributed by atoms with E-state index in [1.807, 2.05) is 48.6 Å². The SMILES string of the molecule is O=C(CCC/C=C\C[C@H]1C(=O)CC=C1/C=C/[C@@H](O)COc1ccccc1)NC1CC1. The van der Waals surface area contributed by atoms with Crippen LogP contribution in [-0.2, 0) is 9.59 Å². The van der Waals surface area contributed by atoms with Crippen molar-refractivity contribution in [2.24, 2.45) is 5.92 Å². The largest absolute Gasteiger partial charge is 0.491 e. The lowest BCUT2D eigenvalue weighted by Gasteiger charge is -2.11. The van der Waals surface area contributed by atoms with Crippen molar-refractivity contribution in [2.75, 3.05) is 6.61 Å². The van der Waals surface area contributed by atoms with Gasteiger partial charge in [0, 0.05) is 24.8 Å². The minimum Gasteiger partial charge on any atom is -0.491 e. The first-order chi connectivity index (χ1) is 14.6. The molecule has 2 aliphatic rings. The minimum absolute atomic E-state index is 0.141. The molecule has 0 unspecified atom stereocenters. The Morgan fingerprint density at radius 1 is 1.23 bits per heavy atom. The van der Waals surface area contributed by atoms with Gasteiger partial charge in [0.1, 0.15) is 24.2 Å². The molecule has 2 atom stereocenters. The number of benzene rings is 1. The summed E-state index contributed by atoms with van der Waals surface area (Å²) in [5, 5.41) is 13.1.